The first kappa shape index (κ1) is 16.9. The predicted octanol–water partition coefficient (Wildman–Crippen LogP) is 3.10. The molecule has 24 heavy (non-hydrogen) atoms. The van der Waals surface area contributed by atoms with E-state index in [2.05, 4.69) is 16.8 Å². The number of carbonyl (C=O) groups excluding carboxylic acids is 1. The van der Waals surface area contributed by atoms with Crippen LogP contribution in [0.25, 0.3) is 11.1 Å². The van der Waals surface area contributed by atoms with E-state index >= 15 is 0 Å². The van der Waals surface area contributed by atoms with Crippen molar-refractivity contribution in [2.45, 2.75) is 18.7 Å². The average molecular weight is 362 g/mol. The zero-order valence-corrected chi connectivity index (χ0v) is 14.7. The third-order valence-electron chi connectivity index (χ3n) is 3.53. The van der Waals surface area contributed by atoms with Crippen LogP contribution in [0.3, 0.4) is 0 Å². The smallest absolute Gasteiger partial charge is 0.408 e. The Balaban J connectivity index is 1.40. The minimum Gasteiger partial charge on any atom is -0.408 e. The topological polar surface area (TPSA) is 64.2 Å². The van der Waals surface area contributed by atoms with Crippen LogP contribution in [-0.4, -0.2) is 22.8 Å². The molecule has 0 spiro atoms. The lowest BCUT2D eigenvalue weighted by Crippen LogP contribution is -2.28. The maximum absolute atomic E-state index is 11.9. The molecule has 3 rings (SSSR count). The first-order valence-corrected chi connectivity index (χ1v) is 9.72. The molecule has 3 aromatic rings. The van der Waals surface area contributed by atoms with Crippen LogP contribution >= 0.6 is 23.1 Å². The summed E-state index contributed by atoms with van der Waals surface area (Å²) in [7, 11) is 0. The fourth-order valence-corrected chi connectivity index (χ4v) is 4.06. The summed E-state index contributed by atoms with van der Waals surface area (Å²) in [4.78, 5) is 25.1. The summed E-state index contributed by atoms with van der Waals surface area (Å²) in [5.74, 6) is 1.38. The van der Waals surface area contributed by atoms with Crippen molar-refractivity contribution in [1.29, 1.82) is 0 Å². The van der Waals surface area contributed by atoms with Gasteiger partial charge in [0.05, 0.1) is 5.52 Å². The second-order valence-electron chi connectivity index (χ2n) is 5.22. The van der Waals surface area contributed by atoms with Crippen molar-refractivity contribution in [3.8, 4) is 0 Å². The molecule has 2 aromatic heterocycles. The van der Waals surface area contributed by atoms with Crippen molar-refractivity contribution in [2.24, 2.45) is 0 Å². The molecule has 0 saturated heterocycles. The summed E-state index contributed by atoms with van der Waals surface area (Å²) in [6.45, 7) is 0.958. The highest BCUT2D eigenvalue weighted by Gasteiger charge is 2.10. The lowest BCUT2D eigenvalue weighted by molar-refractivity contribution is -0.121. The largest absolute Gasteiger partial charge is 0.419 e. The number of thiophene rings is 1. The van der Waals surface area contributed by atoms with Crippen molar-refractivity contribution < 1.29 is 9.21 Å². The highest BCUT2D eigenvalue weighted by Crippen LogP contribution is 2.16. The summed E-state index contributed by atoms with van der Waals surface area (Å²) in [5, 5.41) is 4.96. The van der Waals surface area contributed by atoms with Crippen LogP contribution in [0.2, 0.25) is 0 Å². The van der Waals surface area contributed by atoms with Crippen LogP contribution in [0.1, 0.15) is 11.3 Å². The van der Waals surface area contributed by atoms with Gasteiger partial charge in [0.2, 0.25) is 5.91 Å². The molecule has 0 aliphatic heterocycles. The van der Waals surface area contributed by atoms with Crippen molar-refractivity contribution in [3.05, 3.63) is 57.2 Å². The van der Waals surface area contributed by atoms with E-state index in [4.69, 9.17) is 4.42 Å². The molecule has 126 valence electrons. The maximum Gasteiger partial charge on any atom is 0.419 e. The quantitative estimate of drug-likeness (QED) is 0.626. The number of hydrogen-bond acceptors (Lipinski definition) is 5. The van der Waals surface area contributed by atoms with Crippen LogP contribution in [0.4, 0.5) is 0 Å². The zero-order chi connectivity index (χ0) is 16.8. The van der Waals surface area contributed by atoms with Gasteiger partial charge in [0.1, 0.15) is 0 Å². The van der Waals surface area contributed by atoms with Crippen molar-refractivity contribution in [2.75, 3.05) is 12.3 Å². The molecule has 1 aromatic carbocycles. The van der Waals surface area contributed by atoms with Gasteiger partial charge in [-0.05, 0) is 23.6 Å². The van der Waals surface area contributed by atoms with Crippen LogP contribution in [0, 0.1) is 0 Å². The third-order valence-corrected chi connectivity index (χ3v) is 5.60. The number of aromatic nitrogens is 1. The van der Waals surface area contributed by atoms with Gasteiger partial charge >= 0.3 is 5.76 Å². The minimum absolute atomic E-state index is 0.0519. The van der Waals surface area contributed by atoms with E-state index < -0.39 is 5.76 Å². The SMILES string of the molecule is O=C(CCn1c(=O)oc2ccccc21)NCCSCc1cccs1. The number of hydrogen-bond donors (Lipinski definition) is 1. The first-order chi connectivity index (χ1) is 11.7. The van der Waals surface area contributed by atoms with Gasteiger partial charge in [-0.3, -0.25) is 9.36 Å². The molecular formula is C17H18N2O3S2. The summed E-state index contributed by atoms with van der Waals surface area (Å²) >= 11 is 3.55. The Morgan fingerprint density at radius 2 is 2.12 bits per heavy atom. The molecular weight excluding hydrogens is 344 g/mol. The zero-order valence-electron chi connectivity index (χ0n) is 13.1. The second kappa shape index (κ2) is 8.21. The number of carbonyl (C=O) groups is 1. The number of amides is 1. The Kier molecular flexibility index (Phi) is 5.77. The normalized spacial score (nSPS) is 11.0. The number of thioether (sulfide) groups is 1. The third kappa shape index (κ3) is 4.30. The fraction of sp³-hybridized carbons (Fsp3) is 0.294. The Morgan fingerprint density at radius 1 is 1.25 bits per heavy atom. The molecule has 1 N–H and O–H groups in total. The fourth-order valence-electron chi connectivity index (χ4n) is 2.36. The molecule has 0 aliphatic carbocycles. The highest BCUT2D eigenvalue weighted by atomic mass is 32.2. The number of rotatable bonds is 8. The van der Waals surface area contributed by atoms with Crippen LogP contribution < -0.4 is 11.1 Å². The monoisotopic (exact) mass is 362 g/mol. The van der Waals surface area contributed by atoms with Crippen molar-refractivity contribution in [1.82, 2.24) is 9.88 Å². The summed E-state index contributed by atoms with van der Waals surface area (Å²) < 4.78 is 6.65. The van der Waals surface area contributed by atoms with Gasteiger partial charge in [0.15, 0.2) is 5.58 Å². The van der Waals surface area contributed by atoms with E-state index in [1.165, 1.54) is 9.44 Å². The van der Waals surface area contributed by atoms with Gasteiger partial charge in [-0.2, -0.15) is 11.8 Å². The number of fused-ring (bicyclic) bond motifs is 1. The molecule has 0 atom stereocenters. The molecule has 0 aliphatic rings. The number of para-hydroxylation sites is 2. The highest BCUT2D eigenvalue weighted by molar-refractivity contribution is 7.98. The molecule has 0 saturated carbocycles. The van der Waals surface area contributed by atoms with Gasteiger partial charge in [0.25, 0.3) is 0 Å². The first-order valence-electron chi connectivity index (χ1n) is 7.69. The number of benzene rings is 1. The van der Waals surface area contributed by atoms with E-state index in [0.717, 1.165) is 17.0 Å². The second-order valence-corrected chi connectivity index (χ2v) is 7.36. The summed E-state index contributed by atoms with van der Waals surface area (Å²) in [6, 6.07) is 11.4. The van der Waals surface area contributed by atoms with E-state index in [0.29, 0.717) is 18.7 Å². The van der Waals surface area contributed by atoms with Crippen LogP contribution in [0.5, 0.6) is 0 Å². The maximum atomic E-state index is 11.9. The molecule has 7 heteroatoms. The van der Waals surface area contributed by atoms with Gasteiger partial charge in [-0.1, -0.05) is 18.2 Å². The van der Waals surface area contributed by atoms with E-state index in [-0.39, 0.29) is 12.3 Å². The Morgan fingerprint density at radius 3 is 2.96 bits per heavy atom. The van der Waals surface area contributed by atoms with Crippen LogP contribution in [0.15, 0.2) is 51.0 Å². The molecule has 0 fully saturated rings. The molecule has 2 heterocycles. The molecule has 5 nitrogen and oxygen atoms in total. The lowest BCUT2D eigenvalue weighted by Gasteiger charge is -2.05. The average Bonchev–Trinajstić information content (AvgIpc) is 3.19. The van der Waals surface area contributed by atoms with Gasteiger partial charge in [-0.25, -0.2) is 4.79 Å². The molecule has 0 unspecified atom stereocenters. The standard InChI is InChI=1S/C17H18N2O3S2/c20-16(18-8-11-23-12-13-4-3-10-24-13)7-9-19-14-5-1-2-6-15(14)22-17(19)21/h1-6,10H,7-9,11-12H2,(H,18,20). The van der Waals surface area contributed by atoms with E-state index in [1.54, 1.807) is 29.2 Å². The van der Waals surface area contributed by atoms with Gasteiger partial charge < -0.3 is 9.73 Å². The van der Waals surface area contributed by atoms with Crippen LogP contribution in [-0.2, 0) is 17.1 Å². The minimum atomic E-state index is -0.421. The van der Waals surface area contributed by atoms with Crippen molar-refractivity contribution in [3.63, 3.8) is 0 Å². The predicted molar refractivity (Wildman–Crippen MR) is 98.6 cm³/mol. The Hall–Kier alpha value is -1.99. The Labute approximate surface area is 147 Å². The van der Waals surface area contributed by atoms with Crippen molar-refractivity contribution >= 4 is 40.1 Å². The number of nitrogens with zero attached hydrogens (tertiary/aromatic N) is 1. The van der Waals surface area contributed by atoms with Gasteiger partial charge in [-0.15, -0.1) is 11.3 Å². The number of aryl methyl sites for hydroxylation is 1. The Bertz CT molecular complexity index is 852. The lowest BCUT2D eigenvalue weighted by atomic mass is 10.3. The molecule has 1 amide bonds. The molecule has 0 radical (unpaired) electrons. The van der Waals surface area contributed by atoms with E-state index in [1.807, 2.05) is 24.3 Å². The summed E-state index contributed by atoms with van der Waals surface area (Å²) in [5.41, 5.74) is 1.27. The number of nitrogens with one attached hydrogen (secondary N) is 1. The number of oxazole rings is 1. The van der Waals surface area contributed by atoms with E-state index in [9.17, 15) is 9.59 Å². The van der Waals surface area contributed by atoms with Gasteiger partial charge in [0, 0.05) is 35.9 Å². The summed E-state index contributed by atoms with van der Waals surface area (Å²) in [6.07, 6.45) is 0.263. The molecule has 0 bridgehead atoms.